The highest BCUT2D eigenvalue weighted by molar-refractivity contribution is 6.32. The van der Waals surface area contributed by atoms with Crippen LogP contribution in [0.25, 0.3) is 0 Å². The van der Waals surface area contributed by atoms with Crippen molar-refractivity contribution in [1.29, 1.82) is 0 Å². The SMILES string of the molecule is COc1cc(CCCCl)cc(Cl)c1O. The maximum absolute atomic E-state index is 9.46. The number of hydrogen-bond donors (Lipinski definition) is 1. The van der Waals surface area contributed by atoms with Crippen LogP contribution in [-0.4, -0.2) is 18.1 Å². The average molecular weight is 235 g/mol. The van der Waals surface area contributed by atoms with Crippen molar-refractivity contribution in [3.63, 3.8) is 0 Å². The number of benzene rings is 1. The van der Waals surface area contributed by atoms with E-state index in [1.54, 1.807) is 12.1 Å². The second-order valence-electron chi connectivity index (χ2n) is 2.92. The first kappa shape index (κ1) is 11.5. The lowest BCUT2D eigenvalue weighted by Gasteiger charge is -2.07. The van der Waals surface area contributed by atoms with E-state index in [0.29, 0.717) is 16.7 Å². The number of ether oxygens (including phenoxy) is 1. The van der Waals surface area contributed by atoms with E-state index < -0.39 is 0 Å². The minimum Gasteiger partial charge on any atom is -0.503 e. The van der Waals surface area contributed by atoms with Gasteiger partial charge in [-0.3, -0.25) is 0 Å². The molecule has 0 fully saturated rings. The Morgan fingerprint density at radius 2 is 2.14 bits per heavy atom. The summed E-state index contributed by atoms with van der Waals surface area (Å²) in [6.45, 7) is 0. The molecule has 0 amide bonds. The highest BCUT2D eigenvalue weighted by Gasteiger charge is 2.08. The Labute approximate surface area is 93.4 Å². The quantitative estimate of drug-likeness (QED) is 0.812. The van der Waals surface area contributed by atoms with Crippen molar-refractivity contribution in [2.24, 2.45) is 0 Å². The number of aromatic hydroxyl groups is 1. The van der Waals surface area contributed by atoms with Gasteiger partial charge in [0.2, 0.25) is 0 Å². The Balaban J connectivity index is 2.91. The maximum atomic E-state index is 9.46. The Kier molecular flexibility index (Phi) is 4.36. The van der Waals surface area contributed by atoms with Crippen molar-refractivity contribution >= 4 is 23.2 Å². The van der Waals surface area contributed by atoms with E-state index in [2.05, 4.69) is 0 Å². The zero-order valence-corrected chi connectivity index (χ0v) is 9.40. The molecular weight excluding hydrogens is 223 g/mol. The number of rotatable bonds is 4. The van der Waals surface area contributed by atoms with Gasteiger partial charge in [0.05, 0.1) is 12.1 Å². The van der Waals surface area contributed by atoms with E-state index in [4.69, 9.17) is 27.9 Å². The Morgan fingerprint density at radius 1 is 1.43 bits per heavy atom. The Hall–Kier alpha value is -0.600. The smallest absolute Gasteiger partial charge is 0.176 e. The fourth-order valence-corrected chi connectivity index (χ4v) is 1.57. The summed E-state index contributed by atoms with van der Waals surface area (Å²) in [4.78, 5) is 0. The van der Waals surface area contributed by atoms with E-state index in [9.17, 15) is 5.11 Å². The third-order valence-electron chi connectivity index (χ3n) is 1.91. The molecule has 0 saturated heterocycles. The van der Waals surface area contributed by atoms with Gasteiger partial charge < -0.3 is 9.84 Å². The molecule has 0 radical (unpaired) electrons. The van der Waals surface area contributed by atoms with Crippen molar-refractivity contribution in [1.82, 2.24) is 0 Å². The lowest BCUT2D eigenvalue weighted by molar-refractivity contribution is 0.373. The summed E-state index contributed by atoms with van der Waals surface area (Å²) >= 11 is 11.4. The standard InChI is InChI=1S/C10H12Cl2O2/c1-14-9-6-7(3-2-4-11)5-8(12)10(9)13/h5-6,13H,2-4H2,1H3. The second kappa shape index (κ2) is 5.32. The van der Waals surface area contributed by atoms with Gasteiger partial charge in [0.15, 0.2) is 11.5 Å². The number of halogens is 2. The summed E-state index contributed by atoms with van der Waals surface area (Å²) in [7, 11) is 1.50. The van der Waals surface area contributed by atoms with E-state index >= 15 is 0 Å². The molecule has 2 nitrogen and oxygen atoms in total. The molecule has 0 unspecified atom stereocenters. The highest BCUT2D eigenvalue weighted by atomic mass is 35.5. The molecule has 0 aromatic heterocycles. The van der Waals surface area contributed by atoms with Crippen LogP contribution in [0, 0.1) is 0 Å². The summed E-state index contributed by atoms with van der Waals surface area (Å²) in [5.41, 5.74) is 1.02. The molecule has 0 aliphatic carbocycles. The molecule has 1 aromatic rings. The lowest BCUT2D eigenvalue weighted by atomic mass is 10.1. The van der Waals surface area contributed by atoms with Crippen LogP contribution in [0.15, 0.2) is 12.1 Å². The van der Waals surface area contributed by atoms with Crippen molar-refractivity contribution in [3.8, 4) is 11.5 Å². The van der Waals surface area contributed by atoms with Crippen LogP contribution >= 0.6 is 23.2 Å². The van der Waals surface area contributed by atoms with E-state index in [0.717, 1.165) is 18.4 Å². The Bertz CT molecular complexity index is 313. The summed E-state index contributed by atoms with van der Waals surface area (Å²) < 4.78 is 4.98. The van der Waals surface area contributed by atoms with Gasteiger partial charge in [0, 0.05) is 5.88 Å². The van der Waals surface area contributed by atoms with Gasteiger partial charge in [0.25, 0.3) is 0 Å². The Morgan fingerprint density at radius 3 is 2.71 bits per heavy atom. The molecule has 0 heterocycles. The van der Waals surface area contributed by atoms with Gasteiger partial charge in [-0.05, 0) is 30.5 Å². The third-order valence-corrected chi connectivity index (χ3v) is 2.46. The molecule has 0 atom stereocenters. The second-order valence-corrected chi connectivity index (χ2v) is 3.71. The van der Waals surface area contributed by atoms with Gasteiger partial charge in [0.1, 0.15) is 0 Å². The zero-order chi connectivity index (χ0) is 10.6. The molecule has 0 bridgehead atoms. The minimum absolute atomic E-state index is 0.0104. The molecule has 1 N–H and O–H groups in total. The van der Waals surface area contributed by atoms with Crippen LogP contribution in [0.4, 0.5) is 0 Å². The molecule has 0 aliphatic heterocycles. The van der Waals surface area contributed by atoms with Gasteiger partial charge in [-0.2, -0.15) is 0 Å². The van der Waals surface area contributed by atoms with Crippen molar-refractivity contribution in [2.75, 3.05) is 13.0 Å². The molecule has 0 spiro atoms. The van der Waals surface area contributed by atoms with Crippen LogP contribution in [0.3, 0.4) is 0 Å². The number of alkyl halides is 1. The molecule has 4 heteroatoms. The van der Waals surface area contributed by atoms with Gasteiger partial charge in [-0.1, -0.05) is 11.6 Å². The van der Waals surface area contributed by atoms with Gasteiger partial charge in [-0.15, -0.1) is 11.6 Å². The van der Waals surface area contributed by atoms with Crippen molar-refractivity contribution in [3.05, 3.63) is 22.7 Å². The normalized spacial score (nSPS) is 10.2. The number of methoxy groups -OCH3 is 1. The van der Waals surface area contributed by atoms with Gasteiger partial charge >= 0.3 is 0 Å². The number of phenols is 1. The molecule has 0 aliphatic rings. The van der Waals surface area contributed by atoms with E-state index in [-0.39, 0.29) is 5.75 Å². The summed E-state index contributed by atoms with van der Waals surface area (Å²) in [6.07, 6.45) is 1.71. The van der Waals surface area contributed by atoms with E-state index in [1.165, 1.54) is 7.11 Å². The average Bonchev–Trinajstić information content (AvgIpc) is 2.19. The largest absolute Gasteiger partial charge is 0.503 e. The van der Waals surface area contributed by atoms with Crippen LogP contribution < -0.4 is 4.74 Å². The monoisotopic (exact) mass is 234 g/mol. The number of phenolic OH excluding ortho intramolecular Hbond substituents is 1. The topological polar surface area (TPSA) is 29.5 Å². The van der Waals surface area contributed by atoms with Crippen LogP contribution in [-0.2, 0) is 6.42 Å². The first-order valence-electron chi connectivity index (χ1n) is 4.30. The summed E-state index contributed by atoms with van der Waals surface area (Å²) in [5.74, 6) is 1.01. The molecule has 0 saturated carbocycles. The maximum Gasteiger partial charge on any atom is 0.176 e. The summed E-state index contributed by atoms with van der Waals surface area (Å²) in [5, 5.41) is 9.78. The minimum atomic E-state index is -0.0104. The number of aryl methyl sites for hydroxylation is 1. The van der Waals surface area contributed by atoms with Crippen molar-refractivity contribution < 1.29 is 9.84 Å². The zero-order valence-electron chi connectivity index (χ0n) is 7.89. The summed E-state index contributed by atoms with van der Waals surface area (Å²) in [6, 6.07) is 3.50. The lowest BCUT2D eigenvalue weighted by Crippen LogP contribution is -1.90. The van der Waals surface area contributed by atoms with Crippen LogP contribution in [0.2, 0.25) is 5.02 Å². The van der Waals surface area contributed by atoms with Crippen molar-refractivity contribution in [2.45, 2.75) is 12.8 Å². The predicted octanol–water partition coefficient (Wildman–Crippen LogP) is 3.23. The number of hydrogen-bond acceptors (Lipinski definition) is 2. The van der Waals surface area contributed by atoms with Gasteiger partial charge in [-0.25, -0.2) is 0 Å². The third kappa shape index (κ3) is 2.69. The molecular formula is C10H12Cl2O2. The molecule has 14 heavy (non-hydrogen) atoms. The fraction of sp³-hybridized carbons (Fsp3) is 0.400. The molecule has 78 valence electrons. The first-order valence-corrected chi connectivity index (χ1v) is 5.21. The fourth-order valence-electron chi connectivity index (χ4n) is 1.20. The van der Waals surface area contributed by atoms with E-state index in [1.807, 2.05) is 0 Å². The van der Waals surface area contributed by atoms with Crippen LogP contribution in [0.1, 0.15) is 12.0 Å². The van der Waals surface area contributed by atoms with Crippen LogP contribution in [0.5, 0.6) is 11.5 Å². The first-order chi connectivity index (χ1) is 6.69. The molecule has 1 rings (SSSR count). The predicted molar refractivity (Wildman–Crippen MR) is 58.7 cm³/mol. The molecule has 1 aromatic carbocycles. The highest BCUT2D eigenvalue weighted by Crippen LogP contribution is 2.35.